The van der Waals surface area contributed by atoms with Crippen LogP contribution in [-0.2, 0) is 16.1 Å². The first kappa shape index (κ1) is 19.5. The first-order valence-corrected chi connectivity index (χ1v) is 8.53. The maximum atomic E-state index is 12.5. The zero-order valence-electron chi connectivity index (χ0n) is 14.5. The van der Waals surface area contributed by atoms with Crippen molar-refractivity contribution in [3.8, 4) is 5.75 Å². The summed E-state index contributed by atoms with van der Waals surface area (Å²) in [5.41, 5.74) is 6.42. The molecule has 6 nitrogen and oxygen atoms in total. The topological polar surface area (TPSA) is 84.7 Å². The quantitative estimate of drug-likeness (QED) is 0.828. The van der Waals surface area contributed by atoms with Crippen molar-refractivity contribution < 1.29 is 14.3 Å². The molecule has 0 spiro atoms. The summed E-state index contributed by atoms with van der Waals surface area (Å²) in [5, 5.41) is 2.87. The second-order valence-electron chi connectivity index (χ2n) is 6.79. The van der Waals surface area contributed by atoms with Crippen molar-refractivity contribution in [1.29, 1.82) is 0 Å². The van der Waals surface area contributed by atoms with Gasteiger partial charge in [0.05, 0.1) is 12.6 Å². The molecule has 1 aromatic carbocycles. The highest BCUT2D eigenvalue weighted by molar-refractivity contribution is 5.93. The van der Waals surface area contributed by atoms with Gasteiger partial charge in [-0.3, -0.25) is 9.59 Å². The number of nitrogens with zero attached hydrogens (tertiary/aromatic N) is 1. The number of nitrogens with one attached hydrogen (secondary N) is 1. The lowest BCUT2D eigenvalue weighted by Crippen LogP contribution is -2.55. The molecular weight excluding hydrogens is 342 g/mol. The number of hydrogen-bond acceptors (Lipinski definition) is 4. The van der Waals surface area contributed by atoms with E-state index in [1.54, 1.807) is 12.0 Å². The van der Waals surface area contributed by atoms with Gasteiger partial charge in [-0.2, -0.15) is 0 Å². The minimum Gasteiger partial charge on any atom is -0.497 e. The number of hydrogen-bond donors (Lipinski definition) is 2. The van der Waals surface area contributed by atoms with Crippen LogP contribution >= 0.6 is 12.4 Å². The van der Waals surface area contributed by atoms with Gasteiger partial charge in [-0.1, -0.05) is 25.0 Å². The third kappa shape index (κ3) is 4.25. The van der Waals surface area contributed by atoms with Gasteiger partial charge in [0.1, 0.15) is 11.8 Å². The highest BCUT2D eigenvalue weighted by atomic mass is 35.5. The van der Waals surface area contributed by atoms with Crippen molar-refractivity contribution in [1.82, 2.24) is 10.2 Å². The van der Waals surface area contributed by atoms with Crippen LogP contribution in [0.15, 0.2) is 24.3 Å². The molecule has 1 aliphatic carbocycles. The Morgan fingerprint density at radius 3 is 2.56 bits per heavy atom. The molecule has 0 radical (unpaired) electrons. The number of amides is 2. The number of carbonyl (C=O) groups is 2. The van der Waals surface area contributed by atoms with E-state index in [4.69, 9.17) is 10.5 Å². The van der Waals surface area contributed by atoms with Crippen LogP contribution in [0.3, 0.4) is 0 Å². The molecule has 0 aromatic heterocycles. The predicted molar refractivity (Wildman–Crippen MR) is 97.6 cm³/mol. The van der Waals surface area contributed by atoms with Crippen molar-refractivity contribution in [3.05, 3.63) is 29.8 Å². The Morgan fingerprint density at radius 2 is 1.96 bits per heavy atom. The number of benzene rings is 1. The molecule has 1 unspecified atom stereocenters. The Balaban J connectivity index is 0.00000225. The van der Waals surface area contributed by atoms with Crippen LogP contribution in [0.1, 0.15) is 37.7 Å². The fourth-order valence-corrected chi connectivity index (χ4v) is 3.52. The maximum absolute atomic E-state index is 12.5. The third-order valence-corrected chi connectivity index (χ3v) is 5.08. The molecule has 1 atom stereocenters. The average Bonchev–Trinajstić information content (AvgIpc) is 3.17. The largest absolute Gasteiger partial charge is 0.497 e. The number of nitrogens with two attached hydrogens (primary N) is 1. The molecule has 138 valence electrons. The van der Waals surface area contributed by atoms with E-state index in [-0.39, 0.29) is 24.2 Å². The van der Waals surface area contributed by atoms with E-state index >= 15 is 0 Å². The van der Waals surface area contributed by atoms with Crippen LogP contribution < -0.4 is 15.8 Å². The number of likely N-dealkylation sites (tertiary alicyclic amines) is 1. The lowest BCUT2D eigenvalue weighted by molar-refractivity contribution is -0.134. The van der Waals surface area contributed by atoms with Crippen molar-refractivity contribution in [3.63, 3.8) is 0 Å². The van der Waals surface area contributed by atoms with E-state index in [1.165, 1.54) is 0 Å². The van der Waals surface area contributed by atoms with E-state index in [2.05, 4.69) is 5.32 Å². The first-order valence-electron chi connectivity index (χ1n) is 8.53. The summed E-state index contributed by atoms with van der Waals surface area (Å²) in [7, 11) is 1.63. The minimum atomic E-state index is -0.788. The molecule has 0 bridgehead atoms. The summed E-state index contributed by atoms with van der Waals surface area (Å²) in [4.78, 5) is 26.7. The van der Waals surface area contributed by atoms with Crippen molar-refractivity contribution in [2.24, 2.45) is 5.73 Å². The normalized spacial score (nSPS) is 21.8. The van der Waals surface area contributed by atoms with E-state index in [0.717, 1.165) is 24.2 Å². The summed E-state index contributed by atoms with van der Waals surface area (Å²) in [6.07, 6.45) is 4.00. The standard InChI is InChI=1S/C18H25N3O3.ClH/c1-24-14-6-4-13(5-7-14)12-21-11-8-15(16(21)22)20-17(23)18(19)9-2-3-10-18;/h4-7,15H,2-3,8-12,19H2,1H3,(H,20,23);1H. The number of carbonyl (C=O) groups excluding carboxylic acids is 2. The highest BCUT2D eigenvalue weighted by Gasteiger charge is 2.40. The van der Waals surface area contributed by atoms with Gasteiger partial charge < -0.3 is 20.7 Å². The Kier molecular flexibility index (Phi) is 6.30. The first-order chi connectivity index (χ1) is 11.5. The van der Waals surface area contributed by atoms with Gasteiger partial charge in [0.25, 0.3) is 0 Å². The number of halogens is 1. The molecule has 2 amide bonds. The van der Waals surface area contributed by atoms with E-state index in [0.29, 0.717) is 32.4 Å². The molecule has 3 rings (SSSR count). The lowest BCUT2D eigenvalue weighted by atomic mass is 9.97. The van der Waals surface area contributed by atoms with Crippen LogP contribution in [0.4, 0.5) is 0 Å². The molecule has 1 aliphatic heterocycles. The van der Waals surface area contributed by atoms with Gasteiger partial charge >= 0.3 is 0 Å². The van der Waals surface area contributed by atoms with Gasteiger partial charge in [0, 0.05) is 13.1 Å². The maximum Gasteiger partial charge on any atom is 0.245 e. The van der Waals surface area contributed by atoms with Gasteiger partial charge in [-0.15, -0.1) is 12.4 Å². The molecule has 2 aliphatic rings. The molecule has 1 heterocycles. The van der Waals surface area contributed by atoms with Crippen LogP contribution in [0.25, 0.3) is 0 Å². The van der Waals surface area contributed by atoms with Crippen molar-refractivity contribution in [2.75, 3.05) is 13.7 Å². The average molecular weight is 368 g/mol. The van der Waals surface area contributed by atoms with E-state index < -0.39 is 11.6 Å². The molecule has 1 aromatic rings. The number of methoxy groups -OCH3 is 1. The van der Waals surface area contributed by atoms with Gasteiger partial charge in [0.2, 0.25) is 11.8 Å². The summed E-state index contributed by atoms with van der Waals surface area (Å²) >= 11 is 0. The summed E-state index contributed by atoms with van der Waals surface area (Å²) < 4.78 is 5.14. The van der Waals surface area contributed by atoms with Crippen LogP contribution in [-0.4, -0.2) is 41.9 Å². The zero-order valence-corrected chi connectivity index (χ0v) is 15.3. The lowest BCUT2D eigenvalue weighted by Gasteiger charge is -2.24. The minimum absolute atomic E-state index is 0. The second-order valence-corrected chi connectivity index (χ2v) is 6.79. The highest BCUT2D eigenvalue weighted by Crippen LogP contribution is 2.28. The molecule has 1 saturated heterocycles. The molecule has 3 N–H and O–H groups in total. The Morgan fingerprint density at radius 1 is 1.32 bits per heavy atom. The van der Waals surface area contributed by atoms with Crippen LogP contribution in [0, 0.1) is 0 Å². The molecule has 1 saturated carbocycles. The fraction of sp³-hybridized carbons (Fsp3) is 0.556. The van der Waals surface area contributed by atoms with Gasteiger partial charge in [0.15, 0.2) is 0 Å². The Labute approximate surface area is 154 Å². The summed E-state index contributed by atoms with van der Waals surface area (Å²) in [5.74, 6) is 0.590. The molecule has 25 heavy (non-hydrogen) atoms. The van der Waals surface area contributed by atoms with Crippen molar-refractivity contribution >= 4 is 24.2 Å². The summed E-state index contributed by atoms with van der Waals surface area (Å²) in [6, 6.07) is 7.22. The monoisotopic (exact) mass is 367 g/mol. The number of rotatable bonds is 5. The summed E-state index contributed by atoms with van der Waals surface area (Å²) in [6.45, 7) is 1.19. The van der Waals surface area contributed by atoms with Gasteiger partial charge in [-0.05, 0) is 37.0 Å². The molecule has 7 heteroatoms. The fourth-order valence-electron chi connectivity index (χ4n) is 3.52. The van der Waals surface area contributed by atoms with E-state index in [9.17, 15) is 9.59 Å². The number of ether oxygens (including phenoxy) is 1. The van der Waals surface area contributed by atoms with Gasteiger partial charge in [-0.25, -0.2) is 0 Å². The smallest absolute Gasteiger partial charge is 0.245 e. The Hall–Kier alpha value is -1.79. The zero-order chi connectivity index (χ0) is 17.2. The molecular formula is C18H26ClN3O3. The Bertz CT molecular complexity index is 614. The van der Waals surface area contributed by atoms with Crippen LogP contribution in [0.5, 0.6) is 5.75 Å². The van der Waals surface area contributed by atoms with Crippen molar-refractivity contribution in [2.45, 2.75) is 50.2 Å². The molecule has 2 fully saturated rings. The van der Waals surface area contributed by atoms with Crippen LogP contribution in [0.2, 0.25) is 0 Å². The van der Waals surface area contributed by atoms with E-state index in [1.807, 2.05) is 24.3 Å². The second kappa shape index (κ2) is 8.06. The predicted octanol–water partition coefficient (Wildman–Crippen LogP) is 1.61. The third-order valence-electron chi connectivity index (χ3n) is 5.08. The SMILES string of the molecule is COc1ccc(CN2CCC(NC(=O)C3(N)CCCC3)C2=O)cc1.Cl.